The van der Waals surface area contributed by atoms with E-state index in [4.69, 9.17) is 9.84 Å². The number of aliphatic hydroxyl groups excluding tert-OH is 3. The van der Waals surface area contributed by atoms with Crippen LogP contribution in [0.4, 0.5) is 8.78 Å². The SMILES string of the molecule is COc1c(F)cc2c(ncn2[C@@H]2O[C@H](CO)[C@@H](O)[C@H]2O)c1F. The summed E-state index contributed by atoms with van der Waals surface area (Å²) in [5, 5.41) is 28.8. The Labute approximate surface area is 123 Å². The second-order valence-corrected chi connectivity index (χ2v) is 4.95. The van der Waals surface area contributed by atoms with Crippen LogP contribution in [0, 0.1) is 11.6 Å². The standard InChI is InChI=1S/C13H14F2N2O5/c1-21-12-5(14)2-6-9(8(12)15)16-4-17(6)13-11(20)10(19)7(3-18)22-13/h2,4,7,10-11,13,18-20H,3H2,1H3/t7-,10-,11-,13-/m1/s1. The zero-order chi connectivity index (χ0) is 16.0. The molecule has 9 heteroatoms. The minimum atomic E-state index is -1.37. The van der Waals surface area contributed by atoms with E-state index in [0.29, 0.717) is 0 Å². The van der Waals surface area contributed by atoms with Gasteiger partial charge in [-0.25, -0.2) is 13.8 Å². The number of hydrogen-bond acceptors (Lipinski definition) is 6. The highest BCUT2D eigenvalue weighted by Crippen LogP contribution is 2.34. The fourth-order valence-corrected chi connectivity index (χ4v) is 2.58. The van der Waals surface area contributed by atoms with Gasteiger partial charge < -0.3 is 29.4 Å². The van der Waals surface area contributed by atoms with Gasteiger partial charge >= 0.3 is 0 Å². The molecule has 1 saturated heterocycles. The molecule has 2 aromatic rings. The lowest BCUT2D eigenvalue weighted by atomic mass is 10.1. The van der Waals surface area contributed by atoms with Gasteiger partial charge in [0.25, 0.3) is 0 Å². The zero-order valence-corrected chi connectivity index (χ0v) is 11.5. The van der Waals surface area contributed by atoms with E-state index in [1.165, 1.54) is 4.57 Å². The molecule has 0 saturated carbocycles. The smallest absolute Gasteiger partial charge is 0.195 e. The summed E-state index contributed by atoms with van der Waals surface area (Å²) in [6.45, 7) is -0.502. The van der Waals surface area contributed by atoms with E-state index in [1.54, 1.807) is 0 Å². The van der Waals surface area contributed by atoms with Crippen molar-refractivity contribution in [1.29, 1.82) is 0 Å². The van der Waals surface area contributed by atoms with Crippen molar-refractivity contribution in [1.82, 2.24) is 9.55 Å². The molecule has 7 nitrogen and oxygen atoms in total. The summed E-state index contributed by atoms with van der Waals surface area (Å²) < 4.78 is 39.1. The Morgan fingerprint density at radius 1 is 1.36 bits per heavy atom. The maximum atomic E-state index is 14.1. The van der Waals surface area contributed by atoms with Gasteiger partial charge in [0.2, 0.25) is 0 Å². The van der Waals surface area contributed by atoms with Crippen LogP contribution in [0.3, 0.4) is 0 Å². The van der Waals surface area contributed by atoms with Gasteiger partial charge in [0.15, 0.2) is 23.6 Å². The Morgan fingerprint density at radius 3 is 2.68 bits per heavy atom. The number of imidazole rings is 1. The van der Waals surface area contributed by atoms with Crippen LogP contribution < -0.4 is 4.74 Å². The second kappa shape index (κ2) is 5.43. The summed E-state index contributed by atoms with van der Waals surface area (Å²) in [6.07, 6.45) is -3.65. The quantitative estimate of drug-likeness (QED) is 0.734. The molecule has 1 aliphatic rings. The predicted molar refractivity (Wildman–Crippen MR) is 69.2 cm³/mol. The lowest BCUT2D eigenvalue weighted by Crippen LogP contribution is -2.33. The van der Waals surface area contributed by atoms with Crippen LogP contribution in [0.5, 0.6) is 5.75 Å². The Kier molecular flexibility index (Phi) is 3.73. The average molecular weight is 316 g/mol. The van der Waals surface area contributed by atoms with E-state index < -0.39 is 48.5 Å². The van der Waals surface area contributed by atoms with Crippen molar-refractivity contribution in [2.24, 2.45) is 0 Å². The van der Waals surface area contributed by atoms with Crippen LogP contribution >= 0.6 is 0 Å². The van der Waals surface area contributed by atoms with Gasteiger partial charge in [0.05, 0.1) is 25.6 Å². The van der Waals surface area contributed by atoms with Crippen LogP contribution in [0.25, 0.3) is 11.0 Å². The molecule has 0 unspecified atom stereocenters. The topological polar surface area (TPSA) is 97.0 Å². The molecule has 0 bridgehead atoms. The first kappa shape index (κ1) is 15.1. The Hall–Kier alpha value is -1.81. The Balaban J connectivity index is 2.10. The molecule has 3 rings (SSSR count). The first-order valence-electron chi connectivity index (χ1n) is 6.50. The van der Waals surface area contributed by atoms with Crippen molar-refractivity contribution in [3.63, 3.8) is 0 Å². The molecule has 3 N–H and O–H groups in total. The number of ether oxygens (including phenoxy) is 2. The maximum absolute atomic E-state index is 14.1. The third-order valence-electron chi connectivity index (χ3n) is 3.72. The molecular weight excluding hydrogens is 302 g/mol. The van der Waals surface area contributed by atoms with Gasteiger partial charge in [-0.15, -0.1) is 0 Å². The van der Waals surface area contributed by atoms with Crippen molar-refractivity contribution in [3.8, 4) is 5.75 Å². The van der Waals surface area contributed by atoms with E-state index in [9.17, 15) is 19.0 Å². The number of methoxy groups -OCH3 is 1. The lowest BCUT2D eigenvalue weighted by molar-refractivity contribution is -0.0509. The number of benzene rings is 1. The summed E-state index contributed by atoms with van der Waals surface area (Å²) in [5.41, 5.74) is -0.123. The molecule has 4 atom stereocenters. The van der Waals surface area contributed by atoms with Gasteiger partial charge in [0, 0.05) is 6.07 Å². The van der Waals surface area contributed by atoms with Crippen LogP contribution in [-0.2, 0) is 4.74 Å². The van der Waals surface area contributed by atoms with Crippen LogP contribution in [-0.4, -0.2) is 56.9 Å². The van der Waals surface area contributed by atoms with Crippen molar-refractivity contribution in [2.45, 2.75) is 24.5 Å². The maximum Gasteiger partial charge on any atom is 0.195 e. The minimum absolute atomic E-state index is 0.0330. The zero-order valence-electron chi connectivity index (χ0n) is 11.5. The lowest BCUT2D eigenvalue weighted by Gasteiger charge is -2.17. The van der Waals surface area contributed by atoms with Crippen LogP contribution in [0.1, 0.15) is 6.23 Å². The van der Waals surface area contributed by atoms with Crippen molar-refractivity contribution < 1.29 is 33.6 Å². The normalized spacial score (nSPS) is 28.5. The molecule has 1 aromatic heterocycles. The van der Waals surface area contributed by atoms with Gasteiger partial charge in [-0.1, -0.05) is 0 Å². The number of hydrogen-bond donors (Lipinski definition) is 3. The van der Waals surface area contributed by atoms with Gasteiger partial charge in [-0.05, 0) is 0 Å². The van der Waals surface area contributed by atoms with E-state index in [2.05, 4.69) is 9.72 Å². The molecule has 0 radical (unpaired) electrons. The second-order valence-electron chi connectivity index (χ2n) is 4.95. The number of fused-ring (bicyclic) bond motifs is 1. The highest BCUT2D eigenvalue weighted by atomic mass is 19.1. The van der Waals surface area contributed by atoms with E-state index in [-0.39, 0.29) is 11.0 Å². The highest BCUT2D eigenvalue weighted by Gasteiger charge is 2.43. The molecule has 2 heterocycles. The largest absolute Gasteiger partial charge is 0.491 e. The fourth-order valence-electron chi connectivity index (χ4n) is 2.58. The number of halogens is 2. The number of nitrogens with zero attached hydrogens (tertiary/aromatic N) is 2. The monoisotopic (exact) mass is 316 g/mol. The summed E-state index contributed by atoms with van der Waals surface area (Å²) >= 11 is 0. The third-order valence-corrected chi connectivity index (χ3v) is 3.72. The van der Waals surface area contributed by atoms with E-state index in [1.807, 2.05) is 0 Å². The molecule has 0 amide bonds. The van der Waals surface area contributed by atoms with Crippen LogP contribution in [0.2, 0.25) is 0 Å². The summed E-state index contributed by atoms with van der Waals surface area (Å²) in [6, 6.07) is 0.999. The van der Waals surface area contributed by atoms with Crippen LogP contribution in [0.15, 0.2) is 12.4 Å². The first-order valence-corrected chi connectivity index (χ1v) is 6.50. The third kappa shape index (κ3) is 2.05. The van der Waals surface area contributed by atoms with E-state index >= 15 is 0 Å². The van der Waals surface area contributed by atoms with Crippen molar-refractivity contribution >= 4 is 11.0 Å². The van der Waals surface area contributed by atoms with Gasteiger partial charge in [-0.2, -0.15) is 0 Å². The molecule has 120 valence electrons. The molecule has 1 aromatic carbocycles. The predicted octanol–water partition coefficient (Wildman–Crippen LogP) is -0.0654. The molecule has 22 heavy (non-hydrogen) atoms. The molecule has 0 aliphatic carbocycles. The van der Waals surface area contributed by atoms with Crippen molar-refractivity contribution in [2.75, 3.05) is 13.7 Å². The molecular formula is C13H14F2N2O5. The van der Waals surface area contributed by atoms with Gasteiger partial charge in [0.1, 0.15) is 23.8 Å². The number of rotatable bonds is 3. The summed E-state index contributed by atoms with van der Waals surface area (Å²) in [4.78, 5) is 3.83. The molecule has 1 aliphatic heterocycles. The Morgan fingerprint density at radius 2 is 2.09 bits per heavy atom. The average Bonchev–Trinajstić information content (AvgIpc) is 3.02. The summed E-state index contributed by atoms with van der Waals surface area (Å²) in [7, 11) is 1.14. The molecule has 1 fully saturated rings. The number of aliphatic hydroxyl groups is 3. The first-order chi connectivity index (χ1) is 10.5. The number of aromatic nitrogens is 2. The van der Waals surface area contributed by atoms with Crippen molar-refractivity contribution in [3.05, 3.63) is 24.0 Å². The van der Waals surface area contributed by atoms with E-state index in [0.717, 1.165) is 19.5 Å². The highest BCUT2D eigenvalue weighted by molar-refractivity contribution is 5.78. The Bertz CT molecular complexity index is 707. The molecule has 0 spiro atoms. The minimum Gasteiger partial charge on any atom is -0.491 e. The summed E-state index contributed by atoms with van der Waals surface area (Å²) in [5.74, 6) is -2.46. The van der Waals surface area contributed by atoms with Gasteiger partial charge in [-0.3, -0.25) is 0 Å². The fraction of sp³-hybridized carbons (Fsp3) is 0.462.